The van der Waals surface area contributed by atoms with Crippen LogP contribution in [-0.4, -0.2) is 33.3 Å². The van der Waals surface area contributed by atoms with E-state index in [0.29, 0.717) is 22.9 Å². The summed E-state index contributed by atoms with van der Waals surface area (Å²) in [5.41, 5.74) is 2.57. The molecule has 0 aliphatic rings. The number of nitrogens with zero attached hydrogens (tertiary/aromatic N) is 4. The van der Waals surface area contributed by atoms with Crippen molar-refractivity contribution in [2.45, 2.75) is 26.8 Å². The van der Waals surface area contributed by atoms with Gasteiger partial charge in [0, 0.05) is 5.56 Å². The van der Waals surface area contributed by atoms with E-state index in [9.17, 15) is 4.79 Å². The van der Waals surface area contributed by atoms with Gasteiger partial charge in [-0.15, -0.1) is 10.2 Å². The Morgan fingerprint density at radius 2 is 2.04 bits per heavy atom. The standard InChI is InChI=1S/C17H18N4O3/c1-4-12-5-7-13(8-6-12)16-18-20-21(19-16)10-14-9-15(11(2)24-14)17(22)23-3/h5-9H,4,10H2,1-3H3. The summed E-state index contributed by atoms with van der Waals surface area (Å²) in [5, 5.41) is 12.5. The van der Waals surface area contributed by atoms with Gasteiger partial charge in [0.15, 0.2) is 0 Å². The lowest BCUT2D eigenvalue weighted by Gasteiger charge is -1.97. The molecule has 1 aromatic carbocycles. The highest BCUT2D eigenvalue weighted by atomic mass is 16.5. The van der Waals surface area contributed by atoms with Crippen molar-refractivity contribution in [3.8, 4) is 11.4 Å². The molecule has 0 radical (unpaired) electrons. The van der Waals surface area contributed by atoms with Gasteiger partial charge in [-0.2, -0.15) is 4.80 Å². The van der Waals surface area contributed by atoms with Crippen molar-refractivity contribution < 1.29 is 13.9 Å². The molecule has 0 unspecified atom stereocenters. The SMILES string of the molecule is CCc1ccc(-c2nnn(Cc3cc(C(=O)OC)c(C)o3)n2)cc1. The van der Waals surface area contributed by atoms with Gasteiger partial charge in [-0.1, -0.05) is 31.2 Å². The van der Waals surface area contributed by atoms with Gasteiger partial charge in [-0.3, -0.25) is 0 Å². The van der Waals surface area contributed by atoms with E-state index >= 15 is 0 Å². The molecule has 3 rings (SSSR count). The number of tetrazole rings is 1. The predicted octanol–water partition coefficient (Wildman–Crippen LogP) is 2.64. The minimum absolute atomic E-state index is 0.290. The summed E-state index contributed by atoms with van der Waals surface area (Å²) in [4.78, 5) is 13.0. The molecule has 2 heterocycles. The molecule has 7 nitrogen and oxygen atoms in total. The number of ether oxygens (including phenoxy) is 1. The first-order valence-corrected chi connectivity index (χ1v) is 7.65. The maximum atomic E-state index is 11.6. The van der Waals surface area contributed by atoms with Crippen LogP contribution in [0.15, 0.2) is 34.7 Å². The van der Waals surface area contributed by atoms with Crippen LogP contribution in [0.2, 0.25) is 0 Å². The number of benzene rings is 1. The Morgan fingerprint density at radius 1 is 1.29 bits per heavy atom. The van der Waals surface area contributed by atoms with Crippen LogP contribution in [0.4, 0.5) is 0 Å². The molecule has 3 aromatic rings. The molecule has 0 aliphatic heterocycles. The molecule has 0 bridgehead atoms. The first-order valence-electron chi connectivity index (χ1n) is 7.65. The fourth-order valence-corrected chi connectivity index (χ4v) is 2.39. The summed E-state index contributed by atoms with van der Waals surface area (Å²) in [7, 11) is 1.34. The molecular weight excluding hydrogens is 308 g/mol. The fourth-order valence-electron chi connectivity index (χ4n) is 2.39. The average Bonchev–Trinajstić information content (AvgIpc) is 3.21. The molecule has 0 N–H and O–H groups in total. The number of methoxy groups -OCH3 is 1. The number of furan rings is 1. The second-order valence-corrected chi connectivity index (χ2v) is 5.37. The molecule has 24 heavy (non-hydrogen) atoms. The Labute approximate surface area is 139 Å². The third-order valence-electron chi connectivity index (χ3n) is 3.74. The van der Waals surface area contributed by atoms with Gasteiger partial charge < -0.3 is 9.15 Å². The Bertz CT molecular complexity index is 849. The van der Waals surface area contributed by atoms with Crippen molar-refractivity contribution in [1.29, 1.82) is 0 Å². The van der Waals surface area contributed by atoms with Crippen LogP contribution in [0.3, 0.4) is 0 Å². The first-order chi connectivity index (χ1) is 11.6. The smallest absolute Gasteiger partial charge is 0.341 e. The molecule has 0 saturated carbocycles. The van der Waals surface area contributed by atoms with E-state index in [-0.39, 0.29) is 6.54 Å². The van der Waals surface area contributed by atoms with Gasteiger partial charge in [0.25, 0.3) is 0 Å². The van der Waals surface area contributed by atoms with Gasteiger partial charge in [-0.05, 0) is 30.2 Å². The summed E-state index contributed by atoms with van der Waals surface area (Å²) >= 11 is 0. The van der Waals surface area contributed by atoms with Gasteiger partial charge >= 0.3 is 5.97 Å². The van der Waals surface area contributed by atoms with Crippen LogP contribution >= 0.6 is 0 Å². The van der Waals surface area contributed by atoms with Crippen LogP contribution < -0.4 is 0 Å². The summed E-state index contributed by atoms with van der Waals surface area (Å²) in [6, 6.07) is 9.70. The number of aromatic nitrogens is 4. The molecule has 0 spiro atoms. The molecule has 0 amide bonds. The Morgan fingerprint density at radius 3 is 2.71 bits per heavy atom. The third-order valence-corrected chi connectivity index (χ3v) is 3.74. The van der Waals surface area contributed by atoms with Crippen LogP contribution in [0.5, 0.6) is 0 Å². The molecular formula is C17H18N4O3. The zero-order valence-electron chi connectivity index (χ0n) is 13.8. The van der Waals surface area contributed by atoms with Crippen molar-refractivity contribution >= 4 is 5.97 Å². The van der Waals surface area contributed by atoms with E-state index in [0.717, 1.165) is 12.0 Å². The maximum Gasteiger partial charge on any atom is 0.341 e. The number of carbonyl (C=O) groups is 1. The Hall–Kier alpha value is -2.96. The second-order valence-electron chi connectivity index (χ2n) is 5.37. The Balaban J connectivity index is 1.77. The maximum absolute atomic E-state index is 11.6. The van der Waals surface area contributed by atoms with Crippen molar-refractivity contribution in [3.63, 3.8) is 0 Å². The number of hydrogen-bond donors (Lipinski definition) is 0. The molecule has 2 aromatic heterocycles. The van der Waals surface area contributed by atoms with Crippen LogP contribution in [0.25, 0.3) is 11.4 Å². The molecule has 124 valence electrons. The topological polar surface area (TPSA) is 83.0 Å². The van der Waals surface area contributed by atoms with Gasteiger partial charge in [0.1, 0.15) is 23.6 Å². The monoisotopic (exact) mass is 326 g/mol. The highest BCUT2D eigenvalue weighted by molar-refractivity contribution is 5.90. The number of carbonyl (C=O) groups excluding carboxylic acids is 1. The zero-order valence-corrected chi connectivity index (χ0v) is 13.8. The summed E-state index contributed by atoms with van der Waals surface area (Å²) in [5.74, 6) is 1.20. The normalized spacial score (nSPS) is 10.8. The summed E-state index contributed by atoms with van der Waals surface area (Å²) < 4.78 is 10.3. The van der Waals surface area contributed by atoms with Crippen molar-refractivity contribution in [2.75, 3.05) is 7.11 Å². The van der Waals surface area contributed by atoms with E-state index in [2.05, 4.69) is 34.5 Å². The van der Waals surface area contributed by atoms with E-state index in [4.69, 9.17) is 9.15 Å². The van der Waals surface area contributed by atoms with E-state index < -0.39 is 5.97 Å². The number of aryl methyl sites for hydroxylation is 2. The van der Waals surface area contributed by atoms with Crippen LogP contribution in [0, 0.1) is 6.92 Å². The zero-order chi connectivity index (χ0) is 17.1. The van der Waals surface area contributed by atoms with Crippen LogP contribution in [0.1, 0.15) is 34.4 Å². The first kappa shape index (κ1) is 15.9. The van der Waals surface area contributed by atoms with E-state index in [1.165, 1.54) is 17.5 Å². The number of hydrogen-bond acceptors (Lipinski definition) is 6. The quantitative estimate of drug-likeness (QED) is 0.670. The van der Waals surface area contributed by atoms with Crippen molar-refractivity contribution in [3.05, 3.63) is 53.0 Å². The largest absolute Gasteiger partial charge is 0.465 e. The molecule has 0 atom stereocenters. The van der Waals surface area contributed by atoms with Crippen molar-refractivity contribution in [2.24, 2.45) is 0 Å². The van der Waals surface area contributed by atoms with Gasteiger partial charge in [0.05, 0.1) is 7.11 Å². The fraction of sp³-hybridized carbons (Fsp3) is 0.294. The highest BCUT2D eigenvalue weighted by Crippen LogP contribution is 2.18. The lowest BCUT2D eigenvalue weighted by Crippen LogP contribution is -2.03. The Kier molecular flexibility index (Phi) is 4.41. The molecule has 0 aliphatic carbocycles. The number of esters is 1. The van der Waals surface area contributed by atoms with E-state index in [1.54, 1.807) is 13.0 Å². The molecule has 7 heteroatoms. The summed E-state index contributed by atoms with van der Waals surface area (Å²) in [6.07, 6.45) is 0.987. The minimum atomic E-state index is -0.425. The van der Waals surface area contributed by atoms with Crippen molar-refractivity contribution in [1.82, 2.24) is 20.2 Å². The lowest BCUT2D eigenvalue weighted by molar-refractivity contribution is 0.0599. The minimum Gasteiger partial charge on any atom is -0.465 e. The van der Waals surface area contributed by atoms with E-state index in [1.807, 2.05) is 12.1 Å². The average molecular weight is 326 g/mol. The third kappa shape index (κ3) is 3.19. The second kappa shape index (κ2) is 6.66. The predicted molar refractivity (Wildman–Crippen MR) is 86.5 cm³/mol. The number of rotatable bonds is 5. The summed E-state index contributed by atoms with van der Waals surface area (Å²) in [6.45, 7) is 4.11. The molecule has 0 fully saturated rings. The van der Waals surface area contributed by atoms with Gasteiger partial charge in [0.2, 0.25) is 5.82 Å². The highest BCUT2D eigenvalue weighted by Gasteiger charge is 2.16. The lowest BCUT2D eigenvalue weighted by atomic mass is 10.1. The van der Waals surface area contributed by atoms with Gasteiger partial charge in [-0.25, -0.2) is 4.79 Å². The van der Waals surface area contributed by atoms with Crippen LogP contribution in [-0.2, 0) is 17.7 Å². The molecule has 0 saturated heterocycles.